The number of amides is 2. The Labute approximate surface area is 136 Å². The van der Waals surface area contributed by atoms with Crippen molar-refractivity contribution in [3.05, 3.63) is 17.7 Å². The first-order valence-electron chi connectivity index (χ1n) is 7.19. The summed E-state index contributed by atoms with van der Waals surface area (Å²) < 4.78 is 15.9. The van der Waals surface area contributed by atoms with Crippen LogP contribution in [0.5, 0.6) is 17.2 Å². The summed E-state index contributed by atoms with van der Waals surface area (Å²) in [5.74, 6) is 1.26. The van der Waals surface area contributed by atoms with E-state index in [-0.39, 0.29) is 24.8 Å². The van der Waals surface area contributed by atoms with Crippen LogP contribution < -0.4 is 19.5 Å². The Hall–Kier alpha value is -2.44. The van der Waals surface area contributed by atoms with Crippen LogP contribution >= 0.6 is 0 Å². The Balaban J connectivity index is 2.71. The van der Waals surface area contributed by atoms with Crippen molar-refractivity contribution in [3.8, 4) is 17.2 Å². The molecular formula is C16H24N2O5. The van der Waals surface area contributed by atoms with E-state index in [1.165, 1.54) is 19.1 Å². The number of nitrogens with one attached hydrogen (secondary N) is 1. The maximum absolute atomic E-state index is 11.8. The molecule has 128 valence electrons. The zero-order valence-electron chi connectivity index (χ0n) is 14.3. The van der Waals surface area contributed by atoms with E-state index in [0.29, 0.717) is 23.7 Å². The smallest absolute Gasteiger partial charge is 0.241 e. The van der Waals surface area contributed by atoms with Crippen LogP contribution in [-0.2, 0) is 16.0 Å². The van der Waals surface area contributed by atoms with Gasteiger partial charge in [0.25, 0.3) is 0 Å². The average Bonchev–Trinajstić information content (AvgIpc) is 2.56. The number of rotatable bonds is 8. The first kappa shape index (κ1) is 18.6. The SMILES string of the molecule is COc1ccc(CCC(=O)NCC(=O)N(C)C)c(OC)c1OC. The minimum absolute atomic E-state index is 0.00506. The number of hydrogen-bond acceptors (Lipinski definition) is 5. The second kappa shape index (κ2) is 8.87. The summed E-state index contributed by atoms with van der Waals surface area (Å²) in [6.07, 6.45) is 0.706. The number of aryl methyl sites for hydroxylation is 1. The molecule has 7 nitrogen and oxygen atoms in total. The fourth-order valence-electron chi connectivity index (χ4n) is 2.03. The van der Waals surface area contributed by atoms with Gasteiger partial charge in [-0.1, -0.05) is 6.07 Å². The van der Waals surface area contributed by atoms with Gasteiger partial charge in [0.1, 0.15) is 0 Å². The van der Waals surface area contributed by atoms with Crippen LogP contribution in [-0.4, -0.2) is 58.7 Å². The van der Waals surface area contributed by atoms with Crippen LogP contribution in [0.3, 0.4) is 0 Å². The zero-order valence-corrected chi connectivity index (χ0v) is 14.3. The lowest BCUT2D eigenvalue weighted by Crippen LogP contribution is -2.36. The molecule has 0 fully saturated rings. The molecular weight excluding hydrogens is 300 g/mol. The van der Waals surface area contributed by atoms with Crippen LogP contribution in [0.15, 0.2) is 12.1 Å². The fourth-order valence-corrected chi connectivity index (χ4v) is 2.03. The molecule has 1 rings (SSSR count). The first-order valence-corrected chi connectivity index (χ1v) is 7.19. The van der Waals surface area contributed by atoms with Gasteiger partial charge in [0.2, 0.25) is 17.6 Å². The molecule has 0 saturated heterocycles. The summed E-state index contributed by atoms with van der Waals surface area (Å²) >= 11 is 0. The first-order chi connectivity index (χ1) is 10.9. The highest BCUT2D eigenvalue weighted by atomic mass is 16.5. The molecule has 0 aliphatic rings. The lowest BCUT2D eigenvalue weighted by atomic mass is 10.1. The third-order valence-corrected chi connectivity index (χ3v) is 3.34. The number of carbonyl (C=O) groups excluding carboxylic acids is 2. The quantitative estimate of drug-likeness (QED) is 0.767. The van der Waals surface area contributed by atoms with Gasteiger partial charge < -0.3 is 24.4 Å². The van der Waals surface area contributed by atoms with Crippen molar-refractivity contribution in [2.75, 3.05) is 42.0 Å². The number of nitrogens with zero attached hydrogens (tertiary/aromatic N) is 1. The van der Waals surface area contributed by atoms with Crippen LogP contribution in [0.4, 0.5) is 0 Å². The van der Waals surface area contributed by atoms with Crippen molar-refractivity contribution < 1.29 is 23.8 Å². The van der Waals surface area contributed by atoms with Crippen LogP contribution in [0, 0.1) is 0 Å². The normalized spacial score (nSPS) is 9.96. The summed E-state index contributed by atoms with van der Waals surface area (Å²) in [6.45, 7) is -0.00506. The molecule has 0 radical (unpaired) electrons. The minimum Gasteiger partial charge on any atom is -0.493 e. The van der Waals surface area contributed by atoms with Gasteiger partial charge in [0, 0.05) is 20.5 Å². The van der Waals surface area contributed by atoms with E-state index in [1.807, 2.05) is 6.07 Å². The summed E-state index contributed by atoms with van der Waals surface area (Å²) in [5, 5.41) is 2.60. The molecule has 0 heterocycles. The van der Waals surface area contributed by atoms with Gasteiger partial charge in [-0.3, -0.25) is 9.59 Å². The molecule has 0 saturated carbocycles. The van der Waals surface area contributed by atoms with E-state index in [4.69, 9.17) is 14.2 Å². The molecule has 1 aromatic carbocycles. The lowest BCUT2D eigenvalue weighted by molar-refractivity contribution is -0.130. The molecule has 1 aromatic rings. The highest BCUT2D eigenvalue weighted by Gasteiger charge is 2.16. The Bertz CT molecular complexity index is 558. The Morgan fingerprint density at radius 1 is 1.04 bits per heavy atom. The minimum atomic E-state index is -0.197. The summed E-state index contributed by atoms with van der Waals surface area (Å²) in [4.78, 5) is 24.7. The largest absolute Gasteiger partial charge is 0.493 e. The van der Waals surface area contributed by atoms with Crippen molar-refractivity contribution in [3.63, 3.8) is 0 Å². The van der Waals surface area contributed by atoms with Gasteiger partial charge in [-0.05, 0) is 18.1 Å². The highest BCUT2D eigenvalue weighted by Crippen LogP contribution is 2.40. The average molecular weight is 324 g/mol. The molecule has 23 heavy (non-hydrogen) atoms. The molecule has 0 aromatic heterocycles. The van der Waals surface area contributed by atoms with Gasteiger partial charge in [-0.15, -0.1) is 0 Å². The number of ether oxygens (including phenoxy) is 3. The molecule has 0 bridgehead atoms. The predicted molar refractivity (Wildman–Crippen MR) is 86.1 cm³/mol. The van der Waals surface area contributed by atoms with Gasteiger partial charge >= 0.3 is 0 Å². The molecule has 0 spiro atoms. The lowest BCUT2D eigenvalue weighted by Gasteiger charge is -2.15. The standard InChI is InChI=1S/C16H24N2O5/c1-18(2)14(20)10-17-13(19)9-7-11-6-8-12(21-3)16(23-5)15(11)22-4/h6,8H,7,9-10H2,1-5H3,(H,17,19). The third kappa shape index (κ3) is 5.05. The van der Waals surface area contributed by atoms with Crippen LogP contribution in [0.2, 0.25) is 0 Å². The van der Waals surface area contributed by atoms with Gasteiger partial charge in [0.05, 0.1) is 27.9 Å². The van der Waals surface area contributed by atoms with E-state index >= 15 is 0 Å². The van der Waals surface area contributed by atoms with E-state index < -0.39 is 0 Å². The second-order valence-corrected chi connectivity index (χ2v) is 5.06. The molecule has 1 N–H and O–H groups in total. The Kier molecular flexibility index (Phi) is 7.18. The van der Waals surface area contributed by atoms with E-state index in [1.54, 1.807) is 27.3 Å². The fraction of sp³-hybridized carbons (Fsp3) is 0.500. The molecule has 2 amide bonds. The molecule has 7 heteroatoms. The summed E-state index contributed by atoms with van der Waals surface area (Å²) in [6, 6.07) is 3.60. The van der Waals surface area contributed by atoms with Crippen molar-refractivity contribution >= 4 is 11.8 Å². The summed E-state index contributed by atoms with van der Waals surface area (Å²) in [5.41, 5.74) is 0.833. The van der Waals surface area contributed by atoms with Crippen molar-refractivity contribution in [1.82, 2.24) is 10.2 Å². The molecule has 0 unspecified atom stereocenters. The zero-order chi connectivity index (χ0) is 17.4. The predicted octanol–water partition coefficient (Wildman–Crippen LogP) is 0.849. The molecule has 0 aliphatic carbocycles. The maximum atomic E-state index is 11.8. The number of likely N-dealkylation sites (N-methyl/N-ethyl adjacent to an activating group) is 1. The monoisotopic (exact) mass is 324 g/mol. The van der Waals surface area contributed by atoms with Gasteiger partial charge in [-0.2, -0.15) is 0 Å². The number of hydrogen-bond donors (Lipinski definition) is 1. The van der Waals surface area contributed by atoms with Crippen molar-refractivity contribution in [1.29, 1.82) is 0 Å². The van der Waals surface area contributed by atoms with E-state index in [0.717, 1.165) is 5.56 Å². The number of benzene rings is 1. The van der Waals surface area contributed by atoms with Crippen molar-refractivity contribution in [2.45, 2.75) is 12.8 Å². The van der Waals surface area contributed by atoms with Crippen LogP contribution in [0.1, 0.15) is 12.0 Å². The number of carbonyl (C=O) groups is 2. The Morgan fingerprint density at radius 2 is 1.70 bits per heavy atom. The maximum Gasteiger partial charge on any atom is 0.241 e. The molecule has 0 atom stereocenters. The highest BCUT2D eigenvalue weighted by molar-refractivity contribution is 5.84. The third-order valence-electron chi connectivity index (χ3n) is 3.34. The topological polar surface area (TPSA) is 77.1 Å². The van der Waals surface area contributed by atoms with Gasteiger partial charge in [-0.25, -0.2) is 0 Å². The Morgan fingerprint density at radius 3 is 2.22 bits per heavy atom. The van der Waals surface area contributed by atoms with Crippen molar-refractivity contribution in [2.24, 2.45) is 0 Å². The molecule has 0 aliphatic heterocycles. The number of methoxy groups -OCH3 is 3. The second-order valence-electron chi connectivity index (χ2n) is 5.06. The van der Waals surface area contributed by atoms with E-state index in [9.17, 15) is 9.59 Å². The van der Waals surface area contributed by atoms with Crippen LogP contribution in [0.25, 0.3) is 0 Å². The summed E-state index contributed by atoms with van der Waals surface area (Å²) in [7, 11) is 7.90. The van der Waals surface area contributed by atoms with E-state index in [2.05, 4.69) is 5.32 Å². The van der Waals surface area contributed by atoms with Gasteiger partial charge in [0.15, 0.2) is 11.5 Å².